The minimum atomic E-state index is -0.314. The number of carbonyl (C=O) groups is 2. The van der Waals surface area contributed by atoms with E-state index in [9.17, 15) is 14.7 Å². The zero-order valence-corrected chi connectivity index (χ0v) is 19.9. The maximum absolute atomic E-state index is 13.1. The van der Waals surface area contributed by atoms with Gasteiger partial charge < -0.3 is 29.9 Å². The minimum absolute atomic E-state index is 0.0394. The van der Waals surface area contributed by atoms with Crippen LogP contribution < -0.4 is 15.0 Å². The van der Waals surface area contributed by atoms with E-state index in [0.717, 1.165) is 11.3 Å². The molecule has 0 unspecified atom stereocenters. The third kappa shape index (κ3) is 6.50. The number of aliphatic hydroxyl groups is 1. The van der Waals surface area contributed by atoms with E-state index < -0.39 is 0 Å². The van der Waals surface area contributed by atoms with E-state index in [1.807, 2.05) is 64.9 Å². The van der Waals surface area contributed by atoms with Gasteiger partial charge in [-0.2, -0.15) is 0 Å². The Kier molecular flexibility index (Phi) is 8.56. The van der Waals surface area contributed by atoms with Crippen LogP contribution in [0.4, 0.5) is 10.5 Å². The molecule has 0 fully saturated rings. The number of anilines is 1. The monoisotopic (exact) mass is 434 g/mol. The van der Waals surface area contributed by atoms with E-state index >= 15 is 0 Å². The number of likely N-dealkylation sites (N-methyl/N-ethyl adjacent to an activating group) is 1. The first-order chi connectivity index (χ1) is 14.5. The molecule has 0 saturated heterocycles. The molecule has 1 heterocycles. The predicted octanol–water partition coefficient (Wildman–Crippen LogP) is 1.95. The SMILES string of the molecule is CC(C)NC(=O)N(C)C[C@@H]1Oc2ccc(N(C)C)cc2CC(=O)N([C@H](C)CO)C[C@H]1C. The fourth-order valence-electron chi connectivity index (χ4n) is 3.62. The molecule has 0 bridgehead atoms. The summed E-state index contributed by atoms with van der Waals surface area (Å²) >= 11 is 0. The van der Waals surface area contributed by atoms with Crippen LogP contribution in [0.25, 0.3) is 0 Å². The predicted molar refractivity (Wildman–Crippen MR) is 123 cm³/mol. The summed E-state index contributed by atoms with van der Waals surface area (Å²) in [4.78, 5) is 30.9. The fraction of sp³-hybridized carbons (Fsp3) is 0.652. The van der Waals surface area contributed by atoms with E-state index in [2.05, 4.69) is 5.32 Å². The van der Waals surface area contributed by atoms with Crippen molar-refractivity contribution in [2.45, 2.75) is 52.3 Å². The summed E-state index contributed by atoms with van der Waals surface area (Å²) < 4.78 is 6.42. The molecule has 1 aliphatic heterocycles. The molecule has 1 aromatic rings. The van der Waals surface area contributed by atoms with Crippen LogP contribution >= 0.6 is 0 Å². The summed E-state index contributed by atoms with van der Waals surface area (Å²) in [5.41, 5.74) is 1.79. The Morgan fingerprint density at radius 3 is 2.55 bits per heavy atom. The van der Waals surface area contributed by atoms with Crippen LogP contribution in [-0.2, 0) is 11.2 Å². The quantitative estimate of drug-likeness (QED) is 0.715. The molecule has 0 aromatic heterocycles. The Morgan fingerprint density at radius 1 is 1.29 bits per heavy atom. The molecule has 3 atom stereocenters. The molecule has 2 rings (SSSR count). The van der Waals surface area contributed by atoms with Gasteiger partial charge in [0, 0.05) is 50.9 Å². The van der Waals surface area contributed by atoms with Crippen LogP contribution in [0.15, 0.2) is 18.2 Å². The van der Waals surface area contributed by atoms with Crippen molar-refractivity contribution in [2.24, 2.45) is 5.92 Å². The zero-order valence-electron chi connectivity index (χ0n) is 19.9. The van der Waals surface area contributed by atoms with Gasteiger partial charge in [-0.15, -0.1) is 0 Å². The Bertz CT molecular complexity index is 768. The lowest BCUT2D eigenvalue weighted by Crippen LogP contribution is -2.49. The number of aliphatic hydroxyl groups excluding tert-OH is 1. The fourth-order valence-corrected chi connectivity index (χ4v) is 3.62. The Labute approximate surface area is 186 Å². The van der Waals surface area contributed by atoms with E-state index in [-0.39, 0.29) is 49.1 Å². The van der Waals surface area contributed by atoms with Gasteiger partial charge in [0.25, 0.3) is 0 Å². The topological polar surface area (TPSA) is 85.4 Å². The van der Waals surface area contributed by atoms with Gasteiger partial charge in [-0.05, 0) is 39.0 Å². The molecule has 31 heavy (non-hydrogen) atoms. The van der Waals surface area contributed by atoms with Gasteiger partial charge in [0.05, 0.1) is 25.6 Å². The molecule has 0 radical (unpaired) electrons. The van der Waals surface area contributed by atoms with Crippen LogP contribution in [0.5, 0.6) is 5.75 Å². The second-order valence-corrected chi connectivity index (χ2v) is 9.06. The molecule has 1 aliphatic rings. The van der Waals surface area contributed by atoms with E-state index in [1.165, 1.54) is 0 Å². The van der Waals surface area contributed by atoms with Gasteiger partial charge >= 0.3 is 6.03 Å². The van der Waals surface area contributed by atoms with Crippen LogP contribution in [0.3, 0.4) is 0 Å². The normalized spacial score (nSPS) is 20.2. The molecule has 174 valence electrons. The highest BCUT2D eigenvalue weighted by Crippen LogP contribution is 2.29. The molecular weight excluding hydrogens is 396 g/mol. The first-order valence-corrected chi connectivity index (χ1v) is 10.9. The number of amides is 3. The highest BCUT2D eigenvalue weighted by Gasteiger charge is 2.31. The van der Waals surface area contributed by atoms with Crippen LogP contribution in [0.1, 0.15) is 33.3 Å². The van der Waals surface area contributed by atoms with E-state index in [4.69, 9.17) is 4.74 Å². The minimum Gasteiger partial charge on any atom is -0.488 e. The van der Waals surface area contributed by atoms with Crippen molar-refractivity contribution in [3.05, 3.63) is 23.8 Å². The molecule has 8 heteroatoms. The molecule has 2 N–H and O–H groups in total. The summed E-state index contributed by atoms with van der Waals surface area (Å²) in [7, 11) is 5.65. The standard InChI is InChI=1S/C23H38N4O4/c1-15(2)24-23(30)26(7)13-21-16(3)12-27(17(4)14-28)22(29)11-18-10-19(25(5)6)8-9-20(18)31-21/h8-10,15-17,21,28H,11-14H2,1-7H3,(H,24,30)/t16-,17-,21+/m1/s1. The number of urea groups is 1. The molecule has 1 aromatic carbocycles. The average Bonchev–Trinajstić information content (AvgIpc) is 2.74. The second kappa shape index (κ2) is 10.7. The van der Waals surface area contributed by atoms with Gasteiger partial charge in [-0.3, -0.25) is 4.79 Å². The van der Waals surface area contributed by atoms with Crippen molar-refractivity contribution in [1.29, 1.82) is 0 Å². The average molecular weight is 435 g/mol. The highest BCUT2D eigenvalue weighted by molar-refractivity contribution is 5.80. The van der Waals surface area contributed by atoms with Crippen molar-refractivity contribution < 1.29 is 19.4 Å². The zero-order chi connectivity index (χ0) is 23.3. The summed E-state index contributed by atoms with van der Waals surface area (Å²) in [5, 5.41) is 12.6. The van der Waals surface area contributed by atoms with E-state index in [1.54, 1.807) is 16.8 Å². The third-order valence-electron chi connectivity index (χ3n) is 5.63. The number of carbonyl (C=O) groups excluding carboxylic acids is 2. The second-order valence-electron chi connectivity index (χ2n) is 9.06. The van der Waals surface area contributed by atoms with Gasteiger partial charge in [0.15, 0.2) is 0 Å². The summed E-state index contributed by atoms with van der Waals surface area (Å²) in [6.45, 7) is 8.42. The van der Waals surface area contributed by atoms with Crippen LogP contribution in [0, 0.1) is 5.92 Å². The van der Waals surface area contributed by atoms with E-state index in [0.29, 0.717) is 18.8 Å². The number of fused-ring (bicyclic) bond motifs is 1. The molecule has 8 nitrogen and oxygen atoms in total. The van der Waals surface area contributed by atoms with Gasteiger partial charge in [-0.25, -0.2) is 4.79 Å². The first-order valence-electron chi connectivity index (χ1n) is 10.9. The lowest BCUT2D eigenvalue weighted by atomic mass is 10.0. The largest absolute Gasteiger partial charge is 0.488 e. The number of nitrogens with zero attached hydrogens (tertiary/aromatic N) is 3. The summed E-state index contributed by atoms with van der Waals surface area (Å²) in [5.74, 6) is 0.569. The number of ether oxygens (including phenoxy) is 1. The molecule has 0 aliphatic carbocycles. The van der Waals surface area contributed by atoms with Gasteiger partial charge in [0.1, 0.15) is 11.9 Å². The number of benzene rings is 1. The number of nitrogens with one attached hydrogen (secondary N) is 1. The van der Waals surface area contributed by atoms with Gasteiger partial charge in [-0.1, -0.05) is 6.92 Å². The summed E-state index contributed by atoms with van der Waals surface area (Å²) in [6.07, 6.45) is -0.115. The van der Waals surface area contributed by atoms with Crippen LogP contribution in [0.2, 0.25) is 0 Å². The van der Waals surface area contributed by atoms with Crippen molar-refractivity contribution in [3.8, 4) is 5.75 Å². The molecular formula is C23H38N4O4. The van der Waals surface area contributed by atoms with Gasteiger partial charge in [0.2, 0.25) is 5.91 Å². The Balaban J connectivity index is 2.40. The lowest BCUT2D eigenvalue weighted by molar-refractivity contribution is -0.134. The summed E-state index contributed by atoms with van der Waals surface area (Å²) in [6, 6.07) is 5.42. The van der Waals surface area contributed by atoms with Crippen molar-refractivity contribution in [2.75, 3.05) is 45.7 Å². The Hall–Kier alpha value is -2.48. The molecule has 0 saturated carbocycles. The third-order valence-corrected chi connectivity index (χ3v) is 5.63. The molecule has 3 amide bonds. The van der Waals surface area contributed by atoms with Crippen molar-refractivity contribution in [1.82, 2.24) is 15.1 Å². The number of hydrogen-bond acceptors (Lipinski definition) is 5. The van der Waals surface area contributed by atoms with Crippen molar-refractivity contribution >= 4 is 17.6 Å². The van der Waals surface area contributed by atoms with Crippen molar-refractivity contribution in [3.63, 3.8) is 0 Å². The number of rotatable bonds is 6. The maximum atomic E-state index is 13.1. The van der Waals surface area contributed by atoms with Crippen LogP contribution in [-0.4, -0.2) is 85.9 Å². The molecule has 0 spiro atoms. The first kappa shape index (κ1) is 24.8. The highest BCUT2D eigenvalue weighted by atomic mass is 16.5. The smallest absolute Gasteiger partial charge is 0.317 e. The maximum Gasteiger partial charge on any atom is 0.317 e. The Morgan fingerprint density at radius 2 is 1.97 bits per heavy atom. The number of hydrogen-bond donors (Lipinski definition) is 2. The lowest BCUT2D eigenvalue weighted by Gasteiger charge is -2.34.